The Balaban J connectivity index is 0. The summed E-state index contributed by atoms with van der Waals surface area (Å²) in [5, 5.41) is 0. The van der Waals surface area contributed by atoms with Crippen LogP contribution in [0.2, 0.25) is 0 Å². The third-order valence-electron chi connectivity index (χ3n) is 1.27. The number of aliphatic imine (C=N–C) groups is 1. The van der Waals surface area contributed by atoms with Crippen molar-refractivity contribution in [1.82, 2.24) is 0 Å². The van der Waals surface area contributed by atoms with E-state index in [2.05, 4.69) is 18.8 Å². The molecule has 0 aliphatic heterocycles. The molecule has 0 aromatic heterocycles. The summed E-state index contributed by atoms with van der Waals surface area (Å²) in [6, 6.07) is 0. The molecule has 2 heteroatoms. The summed E-state index contributed by atoms with van der Waals surface area (Å²) in [4.78, 5) is 4.17. The summed E-state index contributed by atoms with van der Waals surface area (Å²) in [6.07, 6.45) is 7.18. The Morgan fingerprint density at radius 3 is 2.07 bits per heavy atom. The van der Waals surface area contributed by atoms with Gasteiger partial charge >= 0.3 is 0 Å². The molecule has 0 fully saturated rings. The maximum absolute atomic E-state index is 5.29. The molecular formula is C12H24N2. The number of hydrogen-bond donors (Lipinski definition) is 1. The molecule has 0 saturated heterocycles. The lowest BCUT2D eigenvalue weighted by atomic mass is 9.96. The first-order valence-electron chi connectivity index (χ1n) is 5.05. The molecule has 2 nitrogen and oxygen atoms in total. The van der Waals surface area contributed by atoms with Gasteiger partial charge in [0, 0.05) is 17.8 Å². The topological polar surface area (TPSA) is 38.4 Å². The number of nitrogens with two attached hydrogens (primary N) is 1. The highest BCUT2D eigenvalue weighted by molar-refractivity contribution is 5.68. The van der Waals surface area contributed by atoms with E-state index >= 15 is 0 Å². The van der Waals surface area contributed by atoms with Crippen LogP contribution >= 0.6 is 0 Å². The fraction of sp³-hybridized carbons (Fsp3) is 0.583. The zero-order chi connectivity index (χ0) is 11.6. The van der Waals surface area contributed by atoms with Crippen LogP contribution in [0.3, 0.4) is 0 Å². The minimum atomic E-state index is -0.0549. The molecule has 82 valence electrons. The van der Waals surface area contributed by atoms with E-state index in [1.54, 1.807) is 6.20 Å². The van der Waals surface area contributed by atoms with Gasteiger partial charge in [-0.05, 0) is 20.0 Å². The van der Waals surface area contributed by atoms with E-state index in [9.17, 15) is 0 Å². The van der Waals surface area contributed by atoms with Crippen LogP contribution in [0.1, 0.15) is 41.5 Å². The zero-order valence-electron chi connectivity index (χ0n) is 10.3. The maximum atomic E-state index is 5.29. The summed E-state index contributed by atoms with van der Waals surface area (Å²) in [5.41, 5.74) is 6.43. The van der Waals surface area contributed by atoms with Crippen LogP contribution in [0.15, 0.2) is 29.0 Å². The van der Waals surface area contributed by atoms with Crippen LogP contribution < -0.4 is 5.73 Å². The molecule has 0 radical (unpaired) electrons. The molecule has 0 aromatic carbocycles. The Morgan fingerprint density at radius 1 is 1.21 bits per heavy atom. The molecular weight excluding hydrogens is 172 g/mol. The van der Waals surface area contributed by atoms with E-state index in [1.807, 2.05) is 46.2 Å². The number of nitrogens with zero attached hydrogens (tertiary/aromatic N) is 1. The van der Waals surface area contributed by atoms with Crippen molar-refractivity contribution in [3.8, 4) is 0 Å². The lowest BCUT2D eigenvalue weighted by Gasteiger charge is -2.11. The van der Waals surface area contributed by atoms with Crippen molar-refractivity contribution in [2.24, 2.45) is 16.1 Å². The van der Waals surface area contributed by atoms with E-state index < -0.39 is 0 Å². The van der Waals surface area contributed by atoms with Crippen molar-refractivity contribution < 1.29 is 0 Å². The normalized spacial score (nSPS) is 11.3. The van der Waals surface area contributed by atoms with Gasteiger partial charge in [0.15, 0.2) is 0 Å². The SMILES string of the molecule is CC.CC(C)=CN=CC(C)(C)/C=C\N. The first kappa shape index (κ1) is 15.4. The molecule has 0 unspecified atom stereocenters. The van der Waals surface area contributed by atoms with Crippen molar-refractivity contribution in [1.29, 1.82) is 0 Å². The second-order valence-corrected chi connectivity index (χ2v) is 3.67. The Bertz CT molecular complexity index is 206. The molecule has 0 atom stereocenters. The van der Waals surface area contributed by atoms with Crippen molar-refractivity contribution in [3.05, 3.63) is 24.0 Å². The zero-order valence-corrected chi connectivity index (χ0v) is 10.3. The predicted molar refractivity (Wildman–Crippen MR) is 66.4 cm³/mol. The minimum Gasteiger partial charge on any atom is -0.405 e. The molecule has 0 spiro atoms. The van der Waals surface area contributed by atoms with Gasteiger partial charge in [-0.25, -0.2) is 0 Å². The van der Waals surface area contributed by atoms with E-state index in [1.165, 1.54) is 5.57 Å². The molecule has 0 bridgehead atoms. The lowest BCUT2D eigenvalue weighted by Crippen LogP contribution is -2.09. The average molecular weight is 196 g/mol. The second-order valence-electron chi connectivity index (χ2n) is 3.67. The standard InChI is InChI=1S/C10H18N2.C2H6/c1-9(2)7-12-8-10(3,4)5-6-11;1-2/h5-8H,11H2,1-4H3;1-2H3/b6-5-,12-8?;. The summed E-state index contributed by atoms with van der Waals surface area (Å²) >= 11 is 0. The van der Waals surface area contributed by atoms with Crippen molar-refractivity contribution in [3.63, 3.8) is 0 Å². The molecule has 0 aliphatic rings. The Labute approximate surface area is 88.6 Å². The average Bonchev–Trinajstić information content (AvgIpc) is 2.06. The molecule has 0 aromatic rings. The predicted octanol–water partition coefficient (Wildman–Crippen LogP) is 3.51. The van der Waals surface area contributed by atoms with E-state index in [-0.39, 0.29) is 5.41 Å². The summed E-state index contributed by atoms with van der Waals surface area (Å²) < 4.78 is 0. The first-order chi connectivity index (χ1) is 6.48. The van der Waals surface area contributed by atoms with Gasteiger partial charge < -0.3 is 5.73 Å². The smallest absolute Gasteiger partial charge is 0.0250 e. The Kier molecular flexibility index (Phi) is 9.41. The first-order valence-corrected chi connectivity index (χ1v) is 5.05. The number of rotatable bonds is 3. The number of hydrogen-bond acceptors (Lipinski definition) is 2. The molecule has 14 heavy (non-hydrogen) atoms. The summed E-state index contributed by atoms with van der Waals surface area (Å²) in [7, 11) is 0. The van der Waals surface area contributed by atoms with Crippen LogP contribution in [0, 0.1) is 5.41 Å². The molecule has 0 rings (SSSR count). The van der Waals surface area contributed by atoms with Crippen molar-refractivity contribution in [2.45, 2.75) is 41.5 Å². The largest absolute Gasteiger partial charge is 0.405 e. The van der Waals surface area contributed by atoms with Crippen molar-refractivity contribution >= 4 is 6.21 Å². The minimum absolute atomic E-state index is 0.0549. The van der Waals surface area contributed by atoms with Gasteiger partial charge in [0.05, 0.1) is 0 Å². The monoisotopic (exact) mass is 196 g/mol. The molecule has 0 saturated carbocycles. The second kappa shape index (κ2) is 8.54. The van der Waals surface area contributed by atoms with Gasteiger partial charge in [-0.15, -0.1) is 0 Å². The highest BCUT2D eigenvalue weighted by atomic mass is 14.7. The van der Waals surface area contributed by atoms with Crippen LogP contribution in [-0.2, 0) is 0 Å². The van der Waals surface area contributed by atoms with E-state index in [0.29, 0.717) is 0 Å². The van der Waals surface area contributed by atoms with Gasteiger partial charge in [0.1, 0.15) is 0 Å². The van der Waals surface area contributed by atoms with Gasteiger partial charge in [-0.1, -0.05) is 39.3 Å². The van der Waals surface area contributed by atoms with E-state index in [0.717, 1.165) is 0 Å². The third-order valence-corrected chi connectivity index (χ3v) is 1.27. The lowest BCUT2D eigenvalue weighted by molar-refractivity contribution is 0.692. The highest BCUT2D eigenvalue weighted by Gasteiger charge is 2.08. The fourth-order valence-electron chi connectivity index (χ4n) is 0.669. The molecule has 2 N–H and O–H groups in total. The van der Waals surface area contributed by atoms with E-state index in [4.69, 9.17) is 5.73 Å². The Hall–Kier alpha value is -1.05. The van der Waals surface area contributed by atoms with Crippen LogP contribution in [0.4, 0.5) is 0 Å². The molecule has 0 amide bonds. The van der Waals surface area contributed by atoms with Gasteiger partial charge in [0.2, 0.25) is 0 Å². The highest BCUT2D eigenvalue weighted by Crippen LogP contribution is 2.12. The van der Waals surface area contributed by atoms with Crippen LogP contribution in [-0.4, -0.2) is 6.21 Å². The third kappa shape index (κ3) is 11.0. The van der Waals surface area contributed by atoms with Crippen molar-refractivity contribution in [2.75, 3.05) is 0 Å². The summed E-state index contributed by atoms with van der Waals surface area (Å²) in [5.74, 6) is 0. The number of allylic oxidation sites excluding steroid dienone is 2. The van der Waals surface area contributed by atoms with Crippen LogP contribution in [0.25, 0.3) is 0 Å². The van der Waals surface area contributed by atoms with Gasteiger partial charge in [0.25, 0.3) is 0 Å². The maximum Gasteiger partial charge on any atom is 0.0250 e. The summed E-state index contributed by atoms with van der Waals surface area (Å²) in [6.45, 7) is 12.1. The fourth-order valence-corrected chi connectivity index (χ4v) is 0.669. The molecule has 0 aliphatic carbocycles. The van der Waals surface area contributed by atoms with Crippen LogP contribution in [0.5, 0.6) is 0 Å². The van der Waals surface area contributed by atoms with Gasteiger partial charge in [-0.3, -0.25) is 4.99 Å². The Morgan fingerprint density at radius 2 is 1.71 bits per heavy atom. The quantitative estimate of drug-likeness (QED) is 0.689. The van der Waals surface area contributed by atoms with Gasteiger partial charge in [-0.2, -0.15) is 0 Å². The molecule has 0 heterocycles.